The maximum Gasteiger partial charge on any atom is 0.104 e. The van der Waals surface area contributed by atoms with Crippen LogP contribution in [-0.2, 0) is 6.54 Å². The molecule has 1 saturated carbocycles. The lowest BCUT2D eigenvalue weighted by molar-refractivity contribution is -0.899. The molecule has 2 atom stereocenters. The van der Waals surface area contributed by atoms with E-state index in [1.165, 1.54) is 41.6 Å². The Bertz CT molecular complexity index is 860. The summed E-state index contributed by atoms with van der Waals surface area (Å²) in [4.78, 5) is 0. The van der Waals surface area contributed by atoms with Crippen molar-refractivity contribution in [3.8, 4) is 11.1 Å². The number of rotatable bonds is 5. The van der Waals surface area contributed by atoms with E-state index in [-0.39, 0.29) is 24.0 Å². The van der Waals surface area contributed by atoms with Crippen LogP contribution >= 0.6 is 0 Å². The van der Waals surface area contributed by atoms with Crippen LogP contribution < -0.4 is 24.0 Å². The van der Waals surface area contributed by atoms with Gasteiger partial charge < -0.3 is 28.5 Å². The zero-order chi connectivity index (χ0) is 19.2. The summed E-state index contributed by atoms with van der Waals surface area (Å²) in [5.41, 5.74) is 7.67. The largest absolute Gasteiger partial charge is 1.00 e. The molecule has 0 radical (unpaired) electrons. The highest BCUT2D eigenvalue weighted by atomic mass is 127. The molecule has 0 heterocycles. The van der Waals surface area contributed by atoms with Gasteiger partial charge in [-0.1, -0.05) is 68.5 Å². The first-order valence-electron chi connectivity index (χ1n) is 10.4. The first-order chi connectivity index (χ1) is 12.8. The van der Waals surface area contributed by atoms with Gasteiger partial charge in [0, 0.05) is 5.56 Å². The molecule has 0 saturated heterocycles. The standard InChI is InChI=1S/C26H34N.HI/c1-19-8-6-7-9-24(19)21-12-10-20(11-13-21)17-27(4,5)18-22-14-15-23-16-25(22)26(23,2)3;/h6-14,23,25H,15-18H2,1-5H3;1H/q+1;/p-1/t23-,25-;/m0./s1. The maximum atomic E-state index is 2.56. The van der Waals surface area contributed by atoms with Crippen LogP contribution in [0.3, 0.4) is 0 Å². The second kappa shape index (κ2) is 7.95. The van der Waals surface area contributed by atoms with Gasteiger partial charge in [0.05, 0.1) is 14.1 Å². The number of aryl methyl sites for hydroxylation is 1. The van der Waals surface area contributed by atoms with Crippen LogP contribution in [0.5, 0.6) is 0 Å². The van der Waals surface area contributed by atoms with Gasteiger partial charge in [-0.15, -0.1) is 0 Å². The monoisotopic (exact) mass is 487 g/mol. The molecule has 2 heteroatoms. The van der Waals surface area contributed by atoms with Crippen molar-refractivity contribution in [2.24, 2.45) is 17.3 Å². The number of likely N-dealkylation sites (N-methyl/N-ethyl adjacent to an activating group) is 1. The third kappa shape index (κ3) is 4.09. The molecule has 1 nitrogen and oxygen atoms in total. The smallest absolute Gasteiger partial charge is 0.104 e. The molecule has 5 rings (SSSR count). The van der Waals surface area contributed by atoms with Gasteiger partial charge in [-0.2, -0.15) is 0 Å². The van der Waals surface area contributed by atoms with Gasteiger partial charge in [0.2, 0.25) is 0 Å². The number of fused-ring (bicyclic) bond motifs is 1. The van der Waals surface area contributed by atoms with Crippen molar-refractivity contribution in [3.63, 3.8) is 0 Å². The predicted molar refractivity (Wildman–Crippen MR) is 115 cm³/mol. The van der Waals surface area contributed by atoms with E-state index in [0.29, 0.717) is 5.41 Å². The predicted octanol–water partition coefficient (Wildman–Crippen LogP) is 3.23. The number of halogens is 1. The van der Waals surface area contributed by atoms with Crippen LogP contribution in [0.15, 0.2) is 60.2 Å². The summed E-state index contributed by atoms with van der Waals surface area (Å²) in [6, 6.07) is 17.9. The van der Waals surface area contributed by atoms with Gasteiger partial charge in [-0.3, -0.25) is 0 Å². The Morgan fingerprint density at radius 3 is 2.25 bits per heavy atom. The summed E-state index contributed by atoms with van der Waals surface area (Å²) in [5.74, 6) is 1.74. The van der Waals surface area contributed by atoms with Crippen molar-refractivity contribution >= 4 is 0 Å². The summed E-state index contributed by atoms with van der Waals surface area (Å²) >= 11 is 0. The van der Waals surface area contributed by atoms with Crippen LogP contribution in [0, 0.1) is 24.2 Å². The summed E-state index contributed by atoms with van der Waals surface area (Å²) in [6.07, 6.45) is 5.28. The molecular formula is C26H34IN. The molecule has 2 aromatic carbocycles. The van der Waals surface area contributed by atoms with Gasteiger partial charge in [-0.25, -0.2) is 0 Å². The van der Waals surface area contributed by atoms with Crippen molar-refractivity contribution in [1.82, 2.24) is 0 Å². The van der Waals surface area contributed by atoms with Crippen molar-refractivity contribution in [1.29, 1.82) is 0 Å². The Morgan fingerprint density at radius 1 is 0.964 bits per heavy atom. The molecule has 0 N–H and O–H groups in total. The minimum atomic E-state index is 0. The molecular weight excluding hydrogens is 453 g/mol. The molecule has 28 heavy (non-hydrogen) atoms. The fourth-order valence-corrected chi connectivity index (χ4v) is 5.39. The average Bonchev–Trinajstić information content (AvgIpc) is 2.62. The van der Waals surface area contributed by atoms with Gasteiger partial charge in [0.15, 0.2) is 0 Å². The van der Waals surface area contributed by atoms with Crippen molar-refractivity contribution in [2.45, 2.75) is 40.2 Å². The lowest BCUT2D eigenvalue weighted by Crippen LogP contribution is -3.00. The van der Waals surface area contributed by atoms with E-state index in [4.69, 9.17) is 0 Å². The first-order valence-corrected chi connectivity index (χ1v) is 10.4. The van der Waals surface area contributed by atoms with Gasteiger partial charge in [0.25, 0.3) is 0 Å². The van der Waals surface area contributed by atoms with E-state index in [1.807, 2.05) is 0 Å². The third-order valence-electron chi connectivity index (χ3n) is 7.21. The molecule has 150 valence electrons. The Hall–Kier alpha value is -1.13. The van der Waals surface area contributed by atoms with Crippen LogP contribution in [0.2, 0.25) is 0 Å². The number of nitrogens with zero attached hydrogens (tertiary/aromatic N) is 1. The van der Waals surface area contributed by atoms with Gasteiger partial charge in [-0.05, 0) is 59.3 Å². The third-order valence-corrected chi connectivity index (χ3v) is 7.21. The molecule has 3 aliphatic rings. The molecule has 0 spiro atoms. The molecule has 2 bridgehead atoms. The lowest BCUT2D eigenvalue weighted by atomic mass is 9.49. The van der Waals surface area contributed by atoms with Gasteiger partial charge >= 0.3 is 0 Å². The zero-order valence-corrected chi connectivity index (χ0v) is 20.2. The Labute approximate surface area is 188 Å². The number of hydrogen-bond acceptors (Lipinski definition) is 0. The number of benzene rings is 2. The quantitative estimate of drug-likeness (QED) is 0.345. The topological polar surface area (TPSA) is 0 Å². The van der Waals surface area contributed by atoms with E-state index in [0.717, 1.165) is 22.9 Å². The first kappa shape index (κ1) is 21.6. The second-order valence-electron chi connectivity index (χ2n) is 10.1. The minimum absolute atomic E-state index is 0. The van der Waals surface area contributed by atoms with E-state index in [1.54, 1.807) is 5.57 Å². The molecule has 0 unspecified atom stereocenters. The average molecular weight is 487 g/mol. The van der Waals surface area contributed by atoms with E-state index in [9.17, 15) is 0 Å². The summed E-state index contributed by atoms with van der Waals surface area (Å²) in [6.45, 7) is 9.40. The van der Waals surface area contributed by atoms with Crippen molar-refractivity contribution < 1.29 is 28.5 Å². The minimum Gasteiger partial charge on any atom is -1.00 e. The fraction of sp³-hybridized carbons (Fsp3) is 0.462. The Balaban J connectivity index is 0.00000225. The van der Waals surface area contributed by atoms with Crippen molar-refractivity contribution in [3.05, 3.63) is 71.3 Å². The number of hydrogen-bond donors (Lipinski definition) is 0. The summed E-state index contributed by atoms with van der Waals surface area (Å²) < 4.78 is 1.03. The second-order valence-corrected chi connectivity index (χ2v) is 10.1. The van der Waals surface area contributed by atoms with Crippen LogP contribution in [-0.4, -0.2) is 25.1 Å². The van der Waals surface area contributed by atoms with Crippen LogP contribution in [0.25, 0.3) is 11.1 Å². The fourth-order valence-electron chi connectivity index (χ4n) is 5.39. The lowest BCUT2D eigenvalue weighted by Gasteiger charge is -2.57. The molecule has 1 fully saturated rings. The molecule has 0 aliphatic heterocycles. The summed E-state index contributed by atoms with van der Waals surface area (Å²) in [5, 5.41) is 0. The van der Waals surface area contributed by atoms with Gasteiger partial charge in [0.1, 0.15) is 13.1 Å². The van der Waals surface area contributed by atoms with Crippen LogP contribution in [0.1, 0.15) is 37.8 Å². The summed E-state index contributed by atoms with van der Waals surface area (Å²) in [7, 11) is 4.77. The number of allylic oxidation sites excluding steroid dienone is 1. The zero-order valence-electron chi connectivity index (χ0n) is 18.0. The highest BCUT2D eigenvalue weighted by Gasteiger charge is 2.52. The van der Waals surface area contributed by atoms with E-state index in [2.05, 4.69) is 89.5 Å². The van der Waals surface area contributed by atoms with E-state index >= 15 is 0 Å². The van der Waals surface area contributed by atoms with Crippen molar-refractivity contribution in [2.75, 3.05) is 20.6 Å². The normalized spacial score (nSPS) is 22.7. The molecule has 2 aromatic rings. The molecule has 0 amide bonds. The highest BCUT2D eigenvalue weighted by Crippen LogP contribution is 2.59. The highest BCUT2D eigenvalue weighted by molar-refractivity contribution is 5.67. The Morgan fingerprint density at radius 2 is 1.64 bits per heavy atom. The number of quaternary nitrogens is 1. The van der Waals surface area contributed by atoms with Crippen LogP contribution in [0.4, 0.5) is 0 Å². The van der Waals surface area contributed by atoms with E-state index < -0.39 is 0 Å². The maximum absolute atomic E-state index is 2.56. The Kier molecular flexibility index (Phi) is 6.12. The molecule has 0 aromatic heterocycles. The molecule has 3 aliphatic carbocycles. The SMILES string of the molecule is Cc1ccccc1-c1ccc(C[N+](C)(C)CC2=CC[C@H]3C[C@@H]2C3(C)C)cc1.[I-].